The van der Waals surface area contributed by atoms with Crippen LogP contribution >= 0.6 is 11.8 Å². The summed E-state index contributed by atoms with van der Waals surface area (Å²) in [5.41, 5.74) is 2.77. The number of aryl methyl sites for hydroxylation is 1. The van der Waals surface area contributed by atoms with Crippen LogP contribution in [-0.4, -0.2) is 39.7 Å². The first kappa shape index (κ1) is 19.5. The maximum absolute atomic E-state index is 11.7. The van der Waals surface area contributed by atoms with E-state index in [2.05, 4.69) is 15.0 Å². The number of thioether (sulfide) groups is 1. The summed E-state index contributed by atoms with van der Waals surface area (Å²) < 4.78 is 11.5. The molecule has 2 aromatic heterocycles. The molecule has 0 bridgehead atoms. The van der Waals surface area contributed by atoms with Gasteiger partial charge in [-0.15, -0.1) is 0 Å². The second kappa shape index (κ2) is 8.29. The molecule has 0 saturated heterocycles. The van der Waals surface area contributed by atoms with Crippen LogP contribution in [0.3, 0.4) is 0 Å². The molecule has 0 saturated carbocycles. The summed E-state index contributed by atoms with van der Waals surface area (Å²) in [6, 6.07) is 9.68. The number of pyridine rings is 1. The van der Waals surface area contributed by atoms with Gasteiger partial charge in [0.15, 0.2) is 0 Å². The number of aromatic amines is 1. The lowest BCUT2D eigenvalue weighted by atomic mass is 10.2. The molecule has 0 fully saturated rings. The van der Waals surface area contributed by atoms with Crippen molar-refractivity contribution in [3.05, 3.63) is 47.9 Å². The van der Waals surface area contributed by atoms with Gasteiger partial charge in [-0.2, -0.15) is 0 Å². The third-order valence-corrected chi connectivity index (χ3v) is 6.02. The molecular formula is C22H23N3O3S. The van der Waals surface area contributed by atoms with E-state index in [-0.39, 0.29) is 11.0 Å². The van der Waals surface area contributed by atoms with Gasteiger partial charge in [0.25, 0.3) is 0 Å². The van der Waals surface area contributed by atoms with Gasteiger partial charge in [-0.3, -0.25) is 14.8 Å². The average molecular weight is 410 g/mol. The minimum atomic E-state index is 0.221. The van der Waals surface area contributed by atoms with Gasteiger partial charge < -0.3 is 14.5 Å². The fourth-order valence-electron chi connectivity index (χ4n) is 3.24. The van der Waals surface area contributed by atoms with Crippen LogP contribution in [0.25, 0.3) is 10.9 Å². The number of fused-ring (bicyclic) bond motifs is 1. The standard InChI is InChI=1S/C22H23N3O3S/c1-4-15(26)9-18-12-24-22(29-18)19-8-14-7-17(10-20(27-3)21(14)25-19)28-16-6-5-13(2)23-11-16/h5-8,10-11,18,25H,4,9,12H2,1-3H3. The zero-order chi connectivity index (χ0) is 20.4. The fraction of sp³-hybridized carbons (Fsp3) is 0.318. The molecule has 3 aromatic rings. The van der Waals surface area contributed by atoms with E-state index < -0.39 is 0 Å². The second-order valence-corrected chi connectivity index (χ2v) is 8.28. The van der Waals surface area contributed by atoms with Crippen molar-refractivity contribution < 1.29 is 14.3 Å². The molecule has 29 heavy (non-hydrogen) atoms. The van der Waals surface area contributed by atoms with Gasteiger partial charge in [0.2, 0.25) is 0 Å². The number of ketones is 1. The summed E-state index contributed by atoms with van der Waals surface area (Å²) in [4.78, 5) is 24.1. The van der Waals surface area contributed by atoms with E-state index in [9.17, 15) is 4.79 Å². The van der Waals surface area contributed by atoms with Gasteiger partial charge in [-0.25, -0.2) is 0 Å². The number of Topliss-reactive ketones (excluding diaryl/α,β-unsaturated/α-hetero) is 1. The Balaban J connectivity index is 1.58. The van der Waals surface area contributed by atoms with E-state index >= 15 is 0 Å². The Kier molecular flexibility index (Phi) is 5.58. The average Bonchev–Trinajstić information content (AvgIpc) is 3.35. The van der Waals surface area contributed by atoms with Crippen LogP contribution in [0.5, 0.6) is 17.2 Å². The Hall–Kier alpha value is -2.80. The Bertz CT molecular complexity index is 1070. The highest BCUT2D eigenvalue weighted by Crippen LogP contribution is 2.36. The first-order chi connectivity index (χ1) is 14.1. The maximum atomic E-state index is 11.7. The number of aromatic nitrogens is 2. The van der Waals surface area contributed by atoms with E-state index in [1.165, 1.54) is 0 Å². The number of carbonyl (C=O) groups excluding carboxylic acids is 1. The molecule has 0 radical (unpaired) electrons. The van der Waals surface area contributed by atoms with E-state index in [1.807, 2.05) is 44.2 Å². The van der Waals surface area contributed by atoms with E-state index in [0.717, 1.165) is 27.3 Å². The largest absolute Gasteiger partial charge is 0.494 e. The highest BCUT2D eigenvalue weighted by atomic mass is 32.2. The summed E-state index contributed by atoms with van der Waals surface area (Å²) in [7, 11) is 1.64. The van der Waals surface area contributed by atoms with Gasteiger partial charge in [-0.05, 0) is 31.2 Å². The number of aliphatic imine (C=N–C) groups is 1. The molecule has 0 spiro atoms. The molecule has 3 heterocycles. The van der Waals surface area contributed by atoms with Crippen molar-refractivity contribution in [3.63, 3.8) is 0 Å². The number of methoxy groups -OCH3 is 1. The summed E-state index contributed by atoms with van der Waals surface area (Å²) >= 11 is 1.66. The quantitative estimate of drug-likeness (QED) is 0.600. The van der Waals surface area contributed by atoms with Crippen molar-refractivity contribution in [1.82, 2.24) is 9.97 Å². The van der Waals surface area contributed by atoms with Gasteiger partial charge in [-0.1, -0.05) is 18.7 Å². The molecule has 1 unspecified atom stereocenters. The van der Waals surface area contributed by atoms with Crippen molar-refractivity contribution in [1.29, 1.82) is 0 Å². The molecule has 6 nitrogen and oxygen atoms in total. The Labute approximate surface area is 173 Å². The summed E-state index contributed by atoms with van der Waals surface area (Å²) in [6.07, 6.45) is 2.85. The Morgan fingerprint density at radius 3 is 2.86 bits per heavy atom. The molecule has 7 heteroatoms. The number of hydrogen-bond acceptors (Lipinski definition) is 6. The number of nitrogens with zero attached hydrogens (tertiary/aromatic N) is 2. The van der Waals surface area contributed by atoms with Crippen LogP contribution in [0.4, 0.5) is 0 Å². The Morgan fingerprint density at radius 1 is 1.28 bits per heavy atom. The van der Waals surface area contributed by atoms with Crippen LogP contribution in [-0.2, 0) is 4.79 Å². The number of hydrogen-bond donors (Lipinski definition) is 1. The maximum Gasteiger partial charge on any atom is 0.146 e. The first-order valence-electron chi connectivity index (χ1n) is 9.60. The topological polar surface area (TPSA) is 76.6 Å². The molecule has 1 aliphatic rings. The lowest BCUT2D eigenvalue weighted by Gasteiger charge is -2.08. The zero-order valence-corrected chi connectivity index (χ0v) is 17.5. The fourth-order valence-corrected chi connectivity index (χ4v) is 4.36. The second-order valence-electron chi connectivity index (χ2n) is 6.99. The highest BCUT2D eigenvalue weighted by Gasteiger charge is 2.24. The summed E-state index contributed by atoms with van der Waals surface area (Å²) in [5, 5.41) is 2.13. The Morgan fingerprint density at radius 2 is 2.14 bits per heavy atom. The van der Waals surface area contributed by atoms with Crippen molar-refractivity contribution in [2.45, 2.75) is 31.9 Å². The van der Waals surface area contributed by atoms with Crippen molar-refractivity contribution >= 4 is 33.5 Å². The predicted molar refractivity (Wildman–Crippen MR) is 117 cm³/mol. The summed E-state index contributed by atoms with van der Waals surface area (Å²) in [6.45, 7) is 4.51. The third kappa shape index (κ3) is 4.29. The normalized spacial score (nSPS) is 16.1. The minimum Gasteiger partial charge on any atom is -0.494 e. The molecule has 4 rings (SSSR count). The molecular weight excluding hydrogens is 386 g/mol. The minimum absolute atomic E-state index is 0.221. The van der Waals surface area contributed by atoms with E-state index in [0.29, 0.717) is 36.6 Å². The SMILES string of the molecule is CCC(=O)CC1CN=C(c2cc3cc(Oc4ccc(C)nc4)cc(OC)c3[nH]2)S1. The highest BCUT2D eigenvalue weighted by molar-refractivity contribution is 8.15. The van der Waals surface area contributed by atoms with Crippen molar-refractivity contribution in [2.75, 3.05) is 13.7 Å². The van der Waals surface area contributed by atoms with E-state index in [1.54, 1.807) is 25.1 Å². The van der Waals surface area contributed by atoms with Gasteiger partial charge in [0.1, 0.15) is 28.1 Å². The number of rotatable bonds is 7. The molecule has 150 valence electrons. The molecule has 1 atom stereocenters. The lowest BCUT2D eigenvalue weighted by Crippen LogP contribution is -2.10. The smallest absolute Gasteiger partial charge is 0.146 e. The molecule has 1 aromatic carbocycles. The lowest BCUT2D eigenvalue weighted by molar-refractivity contribution is -0.118. The van der Waals surface area contributed by atoms with Crippen LogP contribution in [0.15, 0.2) is 41.5 Å². The zero-order valence-electron chi connectivity index (χ0n) is 16.7. The predicted octanol–water partition coefficient (Wildman–Crippen LogP) is 4.90. The van der Waals surface area contributed by atoms with Crippen LogP contribution in [0.1, 0.15) is 31.2 Å². The van der Waals surface area contributed by atoms with Crippen LogP contribution < -0.4 is 9.47 Å². The van der Waals surface area contributed by atoms with Gasteiger partial charge >= 0.3 is 0 Å². The molecule has 0 aliphatic carbocycles. The van der Waals surface area contributed by atoms with Crippen LogP contribution in [0.2, 0.25) is 0 Å². The molecule has 1 aliphatic heterocycles. The third-order valence-electron chi connectivity index (χ3n) is 4.80. The number of ether oxygens (including phenoxy) is 2. The number of benzene rings is 1. The van der Waals surface area contributed by atoms with Crippen molar-refractivity contribution in [2.24, 2.45) is 4.99 Å². The van der Waals surface area contributed by atoms with Crippen molar-refractivity contribution in [3.8, 4) is 17.2 Å². The monoisotopic (exact) mass is 409 g/mol. The number of carbonyl (C=O) groups is 1. The van der Waals surface area contributed by atoms with Gasteiger partial charge in [0.05, 0.1) is 31.1 Å². The van der Waals surface area contributed by atoms with Gasteiger partial charge in [0, 0.05) is 35.2 Å². The molecule has 1 N–H and O–H groups in total. The number of H-pyrrole nitrogens is 1. The van der Waals surface area contributed by atoms with Crippen LogP contribution in [0, 0.1) is 6.92 Å². The van der Waals surface area contributed by atoms with E-state index in [4.69, 9.17) is 9.47 Å². The first-order valence-corrected chi connectivity index (χ1v) is 10.5. The number of nitrogens with one attached hydrogen (secondary N) is 1. The molecule has 0 amide bonds. The summed E-state index contributed by atoms with van der Waals surface area (Å²) in [5.74, 6) is 2.33.